The Balaban J connectivity index is 0.00000182. The second-order valence-electron chi connectivity index (χ2n) is 6.02. The molecular formula is C20H22BrN3O. The number of aromatic nitrogens is 3. The van der Waals surface area contributed by atoms with Crippen LogP contribution in [0, 0.1) is 0 Å². The monoisotopic (exact) mass is 399 g/mol. The van der Waals surface area contributed by atoms with Crippen LogP contribution in [-0.4, -0.2) is 21.1 Å². The largest absolute Gasteiger partial charge is 0.497 e. The van der Waals surface area contributed by atoms with E-state index in [1.807, 2.05) is 12.1 Å². The number of hydrogen-bond acceptors (Lipinski definition) is 2. The van der Waals surface area contributed by atoms with Crippen molar-refractivity contribution >= 4 is 33.8 Å². The van der Waals surface area contributed by atoms with Crippen LogP contribution in [0.25, 0.3) is 28.1 Å². The Hall–Kier alpha value is -2.27. The third kappa shape index (κ3) is 3.04. The van der Waals surface area contributed by atoms with Crippen LogP contribution in [0.1, 0.15) is 19.8 Å². The number of hydrogen-bond donors (Lipinski definition) is 0. The van der Waals surface area contributed by atoms with Crippen LogP contribution in [0.2, 0.25) is 0 Å². The minimum absolute atomic E-state index is 0. The van der Waals surface area contributed by atoms with Gasteiger partial charge in [-0.1, -0.05) is 25.5 Å². The normalized spacial score (nSPS) is 11.0. The summed E-state index contributed by atoms with van der Waals surface area (Å²) in [6.07, 6.45) is 4.45. The van der Waals surface area contributed by atoms with E-state index in [1.165, 1.54) is 17.5 Å². The molecular weight excluding hydrogens is 378 g/mol. The van der Waals surface area contributed by atoms with Gasteiger partial charge in [-0.05, 0) is 42.8 Å². The second kappa shape index (κ2) is 7.31. The number of ether oxygens (including phenoxy) is 1. The molecule has 0 fully saturated rings. The Morgan fingerprint density at radius 3 is 2.40 bits per heavy atom. The summed E-state index contributed by atoms with van der Waals surface area (Å²) < 4.78 is 9.76. The van der Waals surface area contributed by atoms with Crippen molar-refractivity contribution in [2.45, 2.75) is 26.3 Å². The summed E-state index contributed by atoms with van der Waals surface area (Å²) in [5.74, 6) is 1.87. The van der Waals surface area contributed by atoms with Crippen LogP contribution in [-0.2, 0) is 6.54 Å². The third-order valence-electron chi connectivity index (χ3n) is 4.48. The van der Waals surface area contributed by atoms with E-state index in [2.05, 4.69) is 58.5 Å². The molecule has 0 radical (unpaired) electrons. The Morgan fingerprint density at radius 1 is 1.00 bits per heavy atom. The first-order valence-electron chi connectivity index (χ1n) is 8.42. The van der Waals surface area contributed by atoms with Crippen molar-refractivity contribution < 1.29 is 4.74 Å². The van der Waals surface area contributed by atoms with E-state index in [9.17, 15) is 0 Å². The molecule has 0 saturated heterocycles. The van der Waals surface area contributed by atoms with E-state index in [0.717, 1.165) is 35.8 Å². The van der Waals surface area contributed by atoms with Crippen LogP contribution < -0.4 is 4.74 Å². The lowest BCUT2D eigenvalue weighted by atomic mass is 10.1. The number of rotatable bonds is 5. The highest BCUT2D eigenvalue weighted by molar-refractivity contribution is 8.93. The van der Waals surface area contributed by atoms with Gasteiger partial charge in [0.25, 0.3) is 0 Å². The Bertz CT molecular complexity index is 985. The predicted molar refractivity (Wildman–Crippen MR) is 108 cm³/mol. The molecule has 0 aliphatic rings. The van der Waals surface area contributed by atoms with Crippen molar-refractivity contribution in [2.75, 3.05) is 7.11 Å². The molecule has 0 aliphatic carbocycles. The first-order valence-corrected chi connectivity index (χ1v) is 8.42. The van der Waals surface area contributed by atoms with Crippen LogP contribution in [0.15, 0.2) is 54.7 Å². The van der Waals surface area contributed by atoms with Crippen LogP contribution in [0.5, 0.6) is 5.75 Å². The summed E-state index contributed by atoms with van der Waals surface area (Å²) in [5.41, 5.74) is 4.54. The molecule has 130 valence electrons. The molecule has 0 aliphatic heterocycles. The van der Waals surface area contributed by atoms with E-state index < -0.39 is 0 Å². The van der Waals surface area contributed by atoms with Gasteiger partial charge in [-0.2, -0.15) is 0 Å². The van der Waals surface area contributed by atoms with Gasteiger partial charge in [0.05, 0.1) is 23.8 Å². The van der Waals surface area contributed by atoms with Crippen LogP contribution >= 0.6 is 17.0 Å². The average molecular weight is 400 g/mol. The zero-order valence-corrected chi connectivity index (χ0v) is 16.2. The van der Waals surface area contributed by atoms with Gasteiger partial charge in [0.1, 0.15) is 5.75 Å². The zero-order chi connectivity index (χ0) is 16.5. The molecule has 25 heavy (non-hydrogen) atoms. The molecule has 0 bridgehead atoms. The number of halogens is 1. The lowest BCUT2D eigenvalue weighted by Gasteiger charge is -2.04. The summed E-state index contributed by atoms with van der Waals surface area (Å²) in [5, 5.41) is 0. The molecule has 2 heterocycles. The molecule has 5 heteroatoms. The summed E-state index contributed by atoms with van der Waals surface area (Å²) in [6, 6.07) is 16.6. The van der Waals surface area contributed by atoms with E-state index in [4.69, 9.17) is 9.72 Å². The predicted octanol–water partition coefficient (Wildman–Crippen LogP) is 5.34. The molecule has 0 unspecified atom stereocenters. The van der Waals surface area contributed by atoms with Crippen molar-refractivity contribution in [1.29, 1.82) is 0 Å². The first kappa shape index (κ1) is 17.5. The number of nitrogens with zero attached hydrogens (tertiary/aromatic N) is 3. The zero-order valence-electron chi connectivity index (χ0n) is 14.5. The minimum Gasteiger partial charge on any atom is -0.497 e. The summed E-state index contributed by atoms with van der Waals surface area (Å²) in [6.45, 7) is 3.21. The lowest BCUT2D eigenvalue weighted by Crippen LogP contribution is -1.98. The number of imidazole rings is 2. The van der Waals surface area contributed by atoms with Crippen molar-refractivity contribution in [3.05, 3.63) is 54.7 Å². The summed E-state index contributed by atoms with van der Waals surface area (Å²) in [4.78, 5) is 4.91. The quantitative estimate of drug-likeness (QED) is 0.453. The number of para-hydroxylation sites is 2. The topological polar surface area (TPSA) is 31.5 Å². The minimum atomic E-state index is 0. The highest BCUT2D eigenvalue weighted by Gasteiger charge is 2.14. The average Bonchev–Trinajstić information content (AvgIpc) is 3.18. The standard InChI is InChI=1S/C20H21N3O.BrH/c1-3-4-13-22-18-7-5-6-8-19(18)23-14-17(21-20(22)23)15-9-11-16(24-2)12-10-15;/h5-12,14H,3-4,13H2,1-2H3;1H. The molecule has 0 saturated carbocycles. The fourth-order valence-corrected chi connectivity index (χ4v) is 3.18. The molecule has 4 nitrogen and oxygen atoms in total. The van der Waals surface area contributed by atoms with Crippen molar-refractivity contribution in [3.8, 4) is 17.0 Å². The number of fused-ring (bicyclic) bond motifs is 3. The molecule has 0 N–H and O–H groups in total. The Labute approximate surface area is 157 Å². The van der Waals surface area contributed by atoms with Gasteiger partial charge in [0, 0.05) is 18.3 Å². The van der Waals surface area contributed by atoms with Crippen molar-refractivity contribution in [1.82, 2.24) is 14.0 Å². The van der Waals surface area contributed by atoms with Gasteiger partial charge >= 0.3 is 0 Å². The van der Waals surface area contributed by atoms with Gasteiger partial charge < -0.3 is 9.30 Å². The van der Waals surface area contributed by atoms with Gasteiger partial charge in [-0.15, -0.1) is 17.0 Å². The number of methoxy groups -OCH3 is 1. The van der Waals surface area contributed by atoms with E-state index in [0.29, 0.717) is 0 Å². The van der Waals surface area contributed by atoms with Gasteiger partial charge in [0.2, 0.25) is 5.78 Å². The third-order valence-corrected chi connectivity index (χ3v) is 4.48. The number of benzene rings is 2. The van der Waals surface area contributed by atoms with Gasteiger partial charge in [-0.25, -0.2) is 4.98 Å². The number of unbranched alkanes of at least 4 members (excludes halogenated alkanes) is 1. The van der Waals surface area contributed by atoms with Gasteiger partial charge in [0.15, 0.2) is 0 Å². The molecule has 4 aromatic rings. The molecule has 0 amide bonds. The molecule has 2 aromatic heterocycles. The fourth-order valence-electron chi connectivity index (χ4n) is 3.18. The van der Waals surface area contributed by atoms with Gasteiger partial charge in [-0.3, -0.25) is 4.40 Å². The second-order valence-corrected chi connectivity index (χ2v) is 6.02. The smallest absolute Gasteiger partial charge is 0.215 e. The van der Waals surface area contributed by atoms with Crippen LogP contribution in [0.3, 0.4) is 0 Å². The molecule has 2 aromatic carbocycles. The highest BCUT2D eigenvalue weighted by atomic mass is 79.9. The van der Waals surface area contributed by atoms with E-state index >= 15 is 0 Å². The SMILES string of the molecule is Br.CCCCn1c2ccccc2n2cc(-c3ccc(OC)cc3)nc12. The fraction of sp³-hybridized carbons (Fsp3) is 0.250. The molecule has 0 atom stereocenters. The molecule has 4 rings (SSSR count). The Morgan fingerprint density at radius 2 is 1.72 bits per heavy atom. The van der Waals surface area contributed by atoms with Crippen molar-refractivity contribution in [3.63, 3.8) is 0 Å². The molecule has 0 spiro atoms. The highest BCUT2D eigenvalue weighted by Crippen LogP contribution is 2.27. The van der Waals surface area contributed by atoms with Crippen molar-refractivity contribution in [2.24, 2.45) is 0 Å². The number of aryl methyl sites for hydroxylation is 1. The van der Waals surface area contributed by atoms with Crippen LogP contribution in [0.4, 0.5) is 0 Å². The Kier molecular flexibility index (Phi) is 5.13. The lowest BCUT2D eigenvalue weighted by molar-refractivity contribution is 0.415. The maximum absolute atomic E-state index is 5.24. The van der Waals surface area contributed by atoms with E-state index in [-0.39, 0.29) is 17.0 Å². The van der Waals surface area contributed by atoms with E-state index in [1.54, 1.807) is 7.11 Å². The maximum atomic E-state index is 5.24. The summed E-state index contributed by atoms with van der Waals surface area (Å²) >= 11 is 0. The first-order chi connectivity index (χ1) is 11.8. The maximum Gasteiger partial charge on any atom is 0.215 e. The summed E-state index contributed by atoms with van der Waals surface area (Å²) in [7, 11) is 1.68.